The van der Waals surface area contributed by atoms with Gasteiger partial charge < -0.3 is 10.1 Å². The summed E-state index contributed by atoms with van der Waals surface area (Å²) in [6.45, 7) is 5.90. The van der Waals surface area contributed by atoms with E-state index in [0.717, 1.165) is 38.9 Å². The lowest BCUT2D eigenvalue weighted by molar-refractivity contribution is 0.121. The molecule has 1 unspecified atom stereocenters. The van der Waals surface area contributed by atoms with Crippen LogP contribution in [0, 0.1) is 11.3 Å². The number of nitrogens with zero attached hydrogens (tertiary/aromatic N) is 1. The van der Waals surface area contributed by atoms with Crippen molar-refractivity contribution in [3.8, 4) is 6.07 Å². The minimum Gasteiger partial charge on any atom is -0.381 e. The van der Waals surface area contributed by atoms with E-state index in [9.17, 15) is 0 Å². The summed E-state index contributed by atoms with van der Waals surface area (Å²) in [5.74, 6) is 0. The molecule has 0 amide bonds. The maximum absolute atomic E-state index is 9.12. The van der Waals surface area contributed by atoms with Gasteiger partial charge in [0, 0.05) is 13.2 Å². The third-order valence-electron chi connectivity index (χ3n) is 3.33. The molecule has 3 heteroatoms. The Morgan fingerprint density at radius 1 is 1.12 bits per heavy atom. The van der Waals surface area contributed by atoms with Crippen molar-refractivity contribution < 1.29 is 4.74 Å². The molecule has 0 aromatic heterocycles. The van der Waals surface area contributed by atoms with E-state index in [1.807, 2.05) is 14.0 Å². The Kier molecular flexibility index (Phi) is 10.2. The second kappa shape index (κ2) is 10.6. The maximum Gasteiger partial charge on any atom is 0.106 e. The SMILES string of the molecule is CCCCCCOCCCC(C#N)(CC)NC. The highest BCUT2D eigenvalue weighted by Crippen LogP contribution is 2.15. The van der Waals surface area contributed by atoms with E-state index in [1.165, 1.54) is 19.3 Å². The summed E-state index contributed by atoms with van der Waals surface area (Å²) < 4.78 is 5.57. The molecule has 0 aliphatic rings. The fourth-order valence-corrected chi connectivity index (χ4v) is 1.88. The minimum absolute atomic E-state index is 0.356. The fraction of sp³-hybridized carbons (Fsp3) is 0.929. The molecule has 0 aromatic rings. The van der Waals surface area contributed by atoms with Crippen LogP contribution in [0.3, 0.4) is 0 Å². The van der Waals surface area contributed by atoms with Crippen LogP contribution in [0.2, 0.25) is 0 Å². The van der Waals surface area contributed by atoms with Crippen molar-refractivity contribution in [2.45, 2.75) is 64.3 Å². The fourth-order valence-electron chi connectivity index (χ4n) is 1.88. The van der Waals surface area contributed by atoms with E-state index < -0.39 is 0 Å². The summed E-state index contributed by atoms with van der Waals surface area (Å²) in [5.41, 5.74) is -0.356. The van der Waals surface area contributed by atoms with Crippen LogP contribution in [-0.4, -0.2) is 25.8 Å². The number of hydrogen-bond donors (Lipinski definition) is 1. The smallest absolute Gasteiger partial charge is 0.106 e. The summed E-state index contributed by atoms with van der Waals surface area (Å²) in [5, 5.41) is 12.2. The van der Waals surface area contributed by atoms with Crippen molar-refractivity contribution in [2.24, 2.45) is 0 Å². The molecule has 0 bridgehead atoms. The number of nitrogens with one attached hydrogen (secondary N) is 1. The molecule has 0 aliphatic heterocycles. The zero-order valence-corrected chi connectivity index (χ0v) is 11.7. The van der Waals surface area contributed by atoms with Crippen LogP contribution >= 0.6 is 0 Å². The third kappa shape index (κ3) is 7.36. The van der Waals surface area contributed by atoms with Gasteiger partial charge >= 0.3 is 0 Å². The van der Waals surface area contributed by atoms with Gasteiger partial charge in [0.1, 0.15) is 5.54 Å². The summed E-state index contributed by atoms with van der Waals surface area (Å²) in [7, 11) is 1.86. The normalized spacial score (nSPS) is 14.2. The molecule has 1 N–H and O–H groups in total. The van der Waals surface area contributed by atoms with E-state index in [1.54, 1.807) is 0 Å². The molecule has 0 radical (unpaired) electrons. The highest BCUT2D eigenvalue weighted by Gasteiger charge is 2.24. The second-order valence-corrected chi connectivity index (χ2v) is 4.57. The molecule has 0 aromatic carbocycles. The van der Waals surface area contributed by atoms with Crippen LogP contribution in [-0.2, 0) is 4.74 Å². The minimum atomic E-state index is -0.356. The molecule has 0 rings (SSSR count). The topological polar surface area (TPSA) is 45.0 Å². The number of unbranched alkanes of at least 4 members (excludes halogenated alkanes) is 3. The molecular formula is C14H28N2O. The van der Waals surface area contributed by atoms with Crippen LogP contribution in [0.25, 0.3) is 0 Å². The first-order valence-electron chi connectivity index (χ1n) is 6.92. The maximum atomic E-state index is 9.12. The number of hydrogen-bond acceptors (Lipinski definition) is 3. The Morgan fingerprint density at radius 3 is 2.35 bits per heavy atom. The molecule has 0 aliphatic carbocycles. The van der Waals surface area contributed by atoms with Gasteiger partial charge in [0.25, 0.3) is 0 Å². The van der Waals surface area contributed by atoms with Crippen LogP contribution in [0.5, 0.6) is 0 Å². The Balaban J connectivity index is 3.47. The third-order valence-corrected chi connectivity index (χ3v) is 3.33. The first kappa shape index (κ1) is 16.4. The predicted molar refractivity (Wildman–Crippen MR) is 71.9 cm³/mol. The predicted octanol–water partition coefficient (Wildman–Crippen LogP) is 3.26. The van der Waals surface area contributed by atoms with Gasteiger partial charge in [-0.2, -0.15) is 5.26 Å². The van der Waals surface area contributed by atoms with Crippen LogP contribution in [0.4, 0.5) is 0 Å². The summed E-state index contributed by atoms with van der Waals surface area (Å²) in [6.07, 6.45) is 7.67. The zero-order chi connectivity index (χ0) is 13.0. The molecule has 0 saturated heterocycles. The molecule has 0 saturated carbocycles. The van der Waals surface area contributed by atoms with Crippen molar-refractivity contribution in [1.82, 2.24) is 5.32 Å². The standard InChI is InChI=1S/C14H28N2O/c1-4-6-7-8-11-17-12-9-10-14(5-2,13-15)16-3/h16H,4-12H2,1-3H3. The molecule has 17 heavy (non-hydrogen) atoms. The van der Waals surface area contributed by atoms with Gasteiger partial charge in [0.05, 0.1) is 6.07 Å². The quantitative estimate of drug-likeness (QED) is 0.564. The molecule has 1 atom stereocenters. The van der Waals surface area contributed by atoms with Gasteiger partial charge in [-0.1, -0.05) is 33.1 Å². The van der Waals surface area contributed by atoms with Gasteiger partial charge in [-0.05, 0) is 32.7 Å². The Hall–Kier alpha value is -0.590. The molecule has 0 heterocycles. The van der Waals surface area contributed by atoms with Crippen LogP contribution < -0.4 is 5.32 Å². The van der Waals surface area contributed by atoms with E-state index in [0.29, 0.717) is 0 Å². The first-order valence-corrected chi connectivity index (χ1v) is 6.92. The Morgan fingerprint density at radius 2 is 1.82 bits per heavy atom. The van der Waals surface area contributed by atoms with E-state index in [2.05, 4.69) is 18.3 Å². The lowest BCUT2D eigenvalue weighted by Crippen LogP contribution is -2.40. The number of rotatable bonds is 11. The van der Waals surface area contributed by atoms with Crippen molar-refractivity contribution in [3.63, 3.8) is 0 Å². The van der Waals surface area contributed by atoms with E-state index in [-0.39, 0.29) is 5.54 Å². The molecule has 0 spiro atoms. The second-order valence-electron chi connectivity index (χ2n) is 4.57. The average molecular weight is 240 g/mol. The monoisotopic (exact) mass is 240 g/mol. The van der Waals surface area contributed by atoms with E-state index >= 15 is 0 Å². The lowest BCUT2D eigenvalue weighted by atomic mass is 9.92. The van der Waals surface area contributed by atoms with E-state index in [4.69, 9.17) is 10.00 Å². The highest BCUT2D eigenvalue weighted by atomic mass is 16.5. The molecular weight excluding hydrogens is 212 g/mol. The van der Waals surface area contributed by atoms with Gasteiger partial charge in [-0.3, -0.25) is 0 Å². The van der Waals surface area contributed by atoms with Crippen molar-refractivity contribution in [1.29, 1.82) is 5.26 Å². The van der Waals surface area contributed by atoms with Crippen LogP contribution in [0.1, 0.15) is 58.8 Å². The van der Waals surface area contributed by atoms with Gasteiger partial charge in [-0.15, -0.1) is 0 Å². The lowest BCUT2D eigenvalue weighted by Gasteiger charge is -2.24. The largest absolute Gasteiger partial charge is 0.381 e. The zero-order valence-electron chi connectivity index (χ0n) is 11.7. The Bertz CT molecular complexity index is 207. The Labute approximate surface area is 107 Å². The van der Waals surface area contributed by atoms with Crippen molar-refractivity contribution in [2.75, 3.05) is 20.3 Å². The van der Waals surface area contributed by atoms with Crippen molar-refractivity contribution >= 4 is 0 Å². The van der Waals surface area contributed by atoms with Gasteiger partial charge in [-0.25, -0.2) is 0 Å². The average Bonchev–Trinajstić information content (AvgIpc) is 2.38. The number of ether oxygens (including phenoxy) is 1. The van der Waals surface area contributed by atoms with Gasteiger partial charge in [0.2, 0.25) is 0 Å². The first-order chi connectivity index (χ1) is 8.24. The molecule has 0 fully saturated rings. The molecule has 100 valence electrons. The highest BCUT2D eigenvalue weighted by molar-refractivity contribution is 5.05. The summed E-state index contributed by atoms with van der Waals surface area (Å²) in [4.78, 5) is 0. The summed E-state index contributed by atoms with van der Waals surface area (Å²) >= 11 is 0. The van der Waals surface area contributed by atoms with Crippen LogP contribution in [0.15, 0.2) is 0 Å². The van der Waals surface area contributed by atoms with Gasteiger partial charge in [0.15, 0.2) is 0 Å². The molecule has 3 nitrogen and oxygen atoms in total. The van der Waals surface area contributed by atoms with Crippen molar-refractivity contribution in [3.05, 3.63) is 0 Å². The number of nitriles is 1. The summed E-state index contributed by atoms with van der Waals surface area (Å²) in [6, 6.07) is 2.37.